The van der Waals surface area contributed by atoms with Crippen LogP contribution in [-0.4, -0.2) is 38.4 Å². The van der Waals surface area contributed by atoms with Crippen molar-refractivity contribution >= 4 is 11.5 Å². The van der Waals surface area contributed by atoms with E-state index in [0.717, 1.165) is 38.7 Å². The molecule has 0 spiro atoms. The Balaban J connectivity index is 1.60. The molecule has 0 saturated heterocycles. The first-order valence-corrected chi connectivity index (χ1v) is 11.3. The molecule has 0 aromatic rings. The van der Waals surface area contributed by atoms with E-state index in [9.17, 15) is 4.79 Å². The Morgan fingerprint density at radius 1 is 1.18 bits per heavy atom. The zero-order chi connectivity index (χ0) is 19.9. The van der Waals surface area contributed by atoms with Crippen molar-refractivity contribution in [1.29, 1.82) is 0 Å². The Bertz CT molecular complexity index is 635. The van der Waals surface area contributed by atoms with Crippen molar-refractivity contribution < 1.29 is 14.4 Å². The molecule has 0 aromatic carbocycles. The van der Waals surface area contributed by atoms with E-state index in [1.54, 1.807) is 0 Å². The molecule has 4 saturated carbocycles. The molecule has 7 atom stereocenters. The molecule has 4 rings (SSSR count). The van der Waals surface area contributed by atoms with Gasteiger partial charge in [-0.3, -0.25) is 4.79 Å². The van der Waals surface area contributed by atoms with Crippen LogP contribution in [-0.2, 0) is 14.4 Å². The molecule has 0 aromatic heterocycles. The van der Waals surface area contributed by atoms with Crippen LogP contribution in [0.15, 0.2) is 5.16 Å². The summed E-state index contributed by atoms with van der Waals surface area (Å²) >= 11 is 0. The second-order valence-electron chi connectivity index (χ2n) is 10.3. The molecule has 0 amide bonds. The average molecular weight is 391 g/mol. The molecule has 4 aliphatic carbocycles. The number of nitrogens with two attached hydrogens (primary N) is 1. The summed E-state index contributed by atoms with van der Waals surface area (Å²) in [6, 6.07) is 0. The molecule has 0 heterocycles. The van der Waals surface area contributed by atoms with E-state index >= 15 is 0 Å². The fourth-order valence-electron chi connectivity index (χ4n) is 7.66. The van der Waals surface area contributed by atoms with Crippen molar-refractivity contribution in [2.75, 3.05) is 26.9 Å². The molecular formula is C23H38N2O3. The lowest BCUT2D eigenvalue weighted by Gasteiger charge is -2.62. The molecule has 28 heavy (non-hydrogen) atoms. The van der Waals surface area contributed by atoms with E-state index < -0.39 is 0 Å². The van der Waals surface area contributed by atoms with Crippen LogP contribution in [0.25, 0.3) is 0 Å². The number of Topliss-reactive ketones (excluding diaryl/α,β-unsaturated/α-hetero) is 1. The van der Waals surface area contributed by atoms with E-state index in [-0.39, 0.29) is 5.41 Å². The minimum atomic E-state index is -0.0757. The van der Waals surface area contributed by atoms with Gasteiger partial charge in [0.05, 0.1) is 5.71 Å². The first kappa shape index (κ1) is 20.3. The standard InChI is InChI=1S/C23H38N2O3/c1-22-8-6-17(25-28-11-10-24)13-16(22)12-15(14-27-3)21-18-4-5-20(26)23(18,2)9-7-19(21)22/h15-16,18-19,21H,4-14,24H2,1-3H3/b25-17-/t15-,16?,18-,19-,21-,22-,23-/m0/s1. The molecule has 5 nitrogen and oxygen atoms in total. The second-order valence-corrected chi connectivity index (χ2v) is 10.3. The SMILES string of the molecule is COC[C@@H]1CC2C/C(=N\OCCN)CC[C@]2(C)[C@H]2CC[C@]3(C)C(=O)CC[C@H]3[C@H]12. The van der Waals surface area contributed by atoms with Gasteiger partial charge in [0.15, 0.2) is 0 Å². The number of oxime groups is 1. The minimum Gasteiger partial charge on any atom is -0.395 e. The Labute approximate surface area is 169 Å². The van der Waals surface area contributed by atoms with Crippen molar-refractivity contribution in [1.82, 2.24) is 0 Å². The number of hydrogen-bond donors (Lipinski definition) is 1. The highest BCUT2D eigenvalue weighted by Crippen LogP contribution is 2.66. The van der Waals surface area contributed by atoms with Crippen molar-refractivity contribution in [3.05, 3.63) is 0 Å². The molecule has 4 aliphatic rings. The van der Waals surface area contributed by atoms with Gasteiger partial charge in [-0.05, 0) is 80.0 Å². The highest BCUT2D eigenvalue weighted by molar-refractivity contribution is 5.87. The monoisotopic (exact) mass is 390 g/mol. The minimum absolute atomic E-state index is 0.0757. The van der Waals surface area contributed by atoms with Gasteiger partial charge >= 0.3 is 0 Å². The lowest BCUT2D eigenvalue weighted by Crippen LogP contribution is -2.57. The van der Waals surface area contributed by atoms with Gasteiger partial charge in [0.2, 0.25) is 0 Å². The molecule has 4 fully saturated rings. The van der Waals surface area contributed by atoms with Crippen molar-refractivity contribution in [2.24, 2.45) is 51.3 Å². The van der Waals surface area contributed by atoms with Crippen LogP contribution < -0.4 is 5.73 Å². The summed E-state index contributed by atoms with van der Waals surface area (Å²) in [6.45, 7) is 6.63. The number of rotatable bonds is 5. The highest BCUT2D eigenvalue weighted by Gasteiger charge is 2.62. The van der Waals surface area contributed by atoms with E-state index in [1.165, 1.54) is 25.0 Å². The van der Waals surface area contributed by atoms with Crippen molar-refractivity contribution in [3.8, 4) is 0 Å². The predicted octanol–water partition coefficient (Wildman–Crippen LogP) is 3.80. The summed E-state index contributed by atoms with van der Waals surface area (Å²) in [6.07, 6.45) is 8.65. The zero-order valence-electron chi connectivity index (χ0n) is 17.9. The van der Waals surface area contributed by atoms with Gasteiger partial charge in [-0.15, -0.1) is 0 Å². The first-order chi connectivity index (χ1) is 13.4. The molecule has 1 unspecified atom stereocenters. The molecule has 2 N–H and O–H groups in total. The third-order valence-corrected chi connectivity index (χ3v) is 9.17. The molecule has 158 valence electrons. The van der Waals surface area contributed by atoms with Gasteiger partial charge in [-0.1, -0.05) is 19.0 Å². The number of nitrogens with zero attached hydrogens (tertiary/aromatic N) is 1. The normalized spacial score (nSPS) is 46.8. The summed E-state index contributed by atoms with van der Waals surface area (Å²) < 4.78 is 5.70. The zero-order valence-corrected chi connectivity index (χ0v) is 17.9. The van der Waals surface area contributed by atoms with E-state index in [2.05, 4.69) is 19.0 Å². The average Bonchev–Trinajstić information content (AvgIpc) is 2.98. The number of carbonyl (C=O) groups excluding carboxylic acids is 1. The first-order valence-electron chi connectivity index (χ1n) is 11.3. The maximum atomic E-state index is 12.7. The molecule has 0 bridgehead atoms. The van der Waals surface area contributed by atoms with Crippen molar-refractivity contribution in [2.45, 2.75) is 65.2 Å². The van der Waals surface area contributed by atoms with Gasteiger partial charge in [-0.2, -0.15) is 0 Å². The van der Waals surface area contributed by atoms with E-state index in [0.29, 0.717) is 53.9 Å². The number of ketones is 1. The summed E-state index contributed by atoms with van der Waals surface area (Å²) in [5.41, 5.74) is 7.02. The second kappa shape index (κ2) is 7.71. The Hall–Kier alpha value is -0.940. The third kappa shape index (κ3) is 3.13. The number of carbonyl (C=O) groups is 1. The van der Waals surface area contributed by atoms with Crippen LogP contribution in [0.4, 0.5) is 0 Å². The smallest absolute Gasteiger partial charge is 0.139 e. The Kier molecular flexibility index (Phi) is 5.60. The van der Waals surface area contributed by atoms with Crippen LogP contribution in [0, 0.1) is 40.4 Å². The van der Waals surface area contributed by atoms with Gasteiger partial charge < -0.3 is 15.3 Å². The molecule has 5 heteroatoms. The Morgan fingerprint density at radius 3 is 2.75 bits per heavy atom. The summed E-state index contributed by atoms with van der Waals surface area (Å²) in [5.74, 6) is 3.63. The van der Waals surface area contributed by atoms with E-state index in [4.69, 9.17) is 15.3 Å². The third-order valence-electron chi connectivity index (χ3n) is 9.17. The largest absolute Gasteiger partial charge is 0.395 e. The topological polar surface area (TPSA) is 73.9 Å². The fourth-order valence-corrected chi connectivity index (χ4v) is 7.66. The summed E-state index contributed by atoms with van der Waals surface area (Å²) in [7, 11) is 1.83. The number of hydrogen-bond acceptors (Lipinski definition) is 5. The highest BCUT2D eigenvalue weighted by atomic mass is 16.6. The fraction of sp³-hybridized carbons (Fsp3) is 0.913. The summed E-state index contributed by atoms with van der Waals surface area (Å²) in [4.78, 5) is 18.1. The van der Waals surface area contributed by atoms with Crippen LogP contribution in [0.2, 0.25) is 0 Å². The molecule has 0 aliphatic heterocycles. The van der Waals surface area contributed by atoms with Gasteiger partial charge in [0, 0.05) is 32.1 Å². The Morgan fingerprint density at radius 2 is 2.00 bits per heavy atom. The number of ether oxygens (including phenoxy) is 1. The van der Waals surface area contributed by atoms with E-state index in [1.807, 2.05) is 7.11 Å². The predicted molar refractivity (Wildman–Crippen MR) is 110 cm³/mol. The lowest BCUT2D eigenvalue weighted by molar-refractivity contribution is -0.149. The number of fused-ring (bicyclic) bond motifs is 5. The molecule has 0 radical (unpaired) electrons. The van der Waals surface area contributed by atoms with Gasteiger partial charge in [0.25, 0.3) is 0 Å². The van der Waals surface area contributed by atoms with Crippen LogP contribution in [0.5, 0.6) is 0 Å². The van der Waals surface area contributed by atoms with Crippen LogP contribution >= 0.6 is 0 Å². The van der Waals surface area contributed by atoms with Crippen LogP contribution in [0.1, 0.15) is 65.2 Å². The summed E-state index contributed by atoms with van der Waals surface area (Å²) in [5, 5.41) is 4.41. The van der Waals surface area contributed by atoms with Gasteiger partial charge in [0.1, 0.15) is 12.4 Å². The van der Waals surface area contributed by atoms with Crippen LogP contribution in [0.3, 0.4) is 0 Å². The maximum absolute atomic E-state index is 12.7. The van der Waals surface area contributed by atoms with Crippen molar-refractivity contribution in [3.63, 3.8) is 0 Å². The molecular weight excluding hydrogens is 352 g/mol. The maximum Gasteiger partial charge on any atom is 0.139 e. The number of methoxy groups -OCH3 is 1. The quantitative estimate of drug-likeness (QED) is 0.572. The van der Waals surface area contributed by atoms with Gasteiger partial charge in [-0.25, -0.2) is 0 Å². The lowest BCUT2D eigenvalue weighted by atomic mass is 9.43.